The highest BCUT2D eigenvalue weighted by Crippen LogP contribution is 2.29. The Bertz CT molecular complexity index is 637. The van der Waals surface area contributed by atoms with E-state index in [2.05, 4.69) is 10.3 Å². The molecule has 1 fully saturated rings. The largest absolute Gasteiger partial charge is 0.344 e. The van der Waals surface area contributed by atoms with E-state index in [9.17, 15) is 4.79 Å². The zero-order valence-electron chi connectivity index (χ0n) is 12.2. The Hall–Kier alpha value is -1.36. The molecule has 4 nitrogen and oxygen atoms in total. The molecular weight excluding hydrogens is 321 g/mol. The smallest absolute Gasteiger partial charge is 0.270 e. The maximum Gasteiger partial charge on any atom is 0.270 e. The second-order valence-corrected chi connectivity index (χ2v) is 5.53. The summed E-state index contributed by atoms with van der Waals surface area (Å²) in [5, 5.41) is 5.04. The fourth-order valence-electron chi connectivity index (χ4n) is 3.03. The number of fused-ring (bicyclic) bond motifs is 1. The molecule has 2 aromatic rings. The van der Waals surface area contributed by atoms with Crippen molar-refractivity contribution >= 4 is 41.5 Å². The quantitative estimate of drug-likeness (QED) is 0.901. The molecule has 1 aromatic heterocycles. The van der Waals surface area contributed by atoms with Gasteiger partial charge in [-0.05, 0) is 24.3 Å². The van der Waals surface area contributed by atoms with Crippen LogP contribution in [0.3, 0.4) is 0 Å². The van der Waals surface area contributed by atoms with Gasteiger partial charge in [-0.3, -0.25) is 9.78 Å². The number of pyridine rings is 1. The van der Waals surface area contributed by atoms with Crippen molar-refractivity contribution in [3.8, 4) is 0 Å². The lowest BCUT2D eigenvalue weighted by Crippen LogP contribution is -2.51. The molecule has 0 aliphatic heterocycles. The zero-order valence-corrected chi connectivity index (χ0v) is 13.9. The molecule has 1 aromatic carbocycles. The maximum absolute atomic E-state index is 12.5. The third-order valence-corrected chi connectivity index (χ3v) is 4.22. The van der Waals surface area contributed by atoms with Gasteiger partial charge in [0.25, 0.3) is 5.91 Å². The number of amides is 1. The van der Waals surface area contributed by atoms with Crippen LogP contribution in [0.5, 0.6) is 0 Å². The number of hydrogen-bond donors (Lipinski definition) is 2. The topological polar surface area (TPSA) is 68.0 Å². The summed E-state index contributed by atoms with van der Waals surface area (Å²) in [4.78, 5) is 16.8. The van der Waals surface area contributed by atoms with Crippen LogP contribution in [0.4, 0.5) is 0 Å². The first-order valence-electron chi connectivity index (χ1n) is 7.10. The number of carbonyl (C=O) groups excluding carboxylic acids is 1. The Morgan fingerprint density at radius 3 is 2.55 bits per heavy atom. The molecule has 1 aliphatic carbocycles. The van der Waals surface area contributed by atoms with Crippen molar-refractivity contribution in [1.82, 2.24) is 10.3 Å². The summed E-state index contributed by atoms with van der Waals surface area (Å²) in [5.74, 6) is -0.117. The van der Waals surface area contributed by atoms with Gasteiger partial charge < -0.3 is 11.1 Å². The highest BCUT2D eigenvalue weighted by molar-refractivity contribution is 6.05. The SMILES string of the molecule is Cl.Cl.NCC1(NC(=O)c2nccc3ccccc23)CCCC1. The van der Waals surface area contributed by atoms with E-state index < -0.39 is 0 Å². The summed E-state index contributed by atoms with van der Waals surface area (Å²) in [7, 11) is 0. The van der Waals surface area contributed by atoms with Gasteiger partial charge in [0.15, 0.2) is 0 Å². The molecular formula is C16H21Cl2N3O. The standard InChI is InChI=1S/C16H19N3O.2ClH/c17-11-16(8-3-4-9-16)19-15(20)14-13-6-2-1-5-12(13)7-10-18-14;;/h1-2,5-7,10H,3-4,8-9,11,17H2,(H,19,20);2*1H. The van der Waals surface area contributed by atoms with Crippen molar-refractivity contribution < 1.29 is 4.79 Å². The van der Waals surface area contributed by atoms with Crippen molar-refractivity contribution in [3.63, 3.8) is 0 Å². The van der Waals surface area contributed by atoms with E-state index in [4.69, 9.17) is 5.73 Å². The van der Waals surface area contributed by atoms with Crippen LogP contribution in [0.15, 0.2) is 36.5 Å². The Balaban J connectivity index is 0.00000121. The van der Waals surface area contributed by atoms with Gasteiger partial charge in [0.1, 0.15) is 5.69 Å². The van der Waals surface area contributed by atoms with E-state index in [1.807, 2.05) is 30.3 Å². The van der Waals surface area contributed by atoms with Crippen LogP contribution < -0.4 is 11.1 Å². The average Bonchev–Trinajstić information content (AvgIpc) is 2.95. The molecule has 0 spiro atoms. The van der Waals surface area contributed by atoms with Crippen molar-refractivity contribution in [1.29, 1.82) is 0 Å². The Morgan fingerprint density at radius 2 is 1.86 bits per heavy atom. The number of nitrogens with one attached hydrogen (secondary N) is 1. The minimum absolute atomic E-state index is 0. The number of hydrogen-bond acceptors (Lipinski definition) is 3. The van der Waals surface area contributed by atoms with Gasteiger partial charge in [0, 0.05) is 18.1 Å². The summed E-state index contributed by atoms with van der Waals surface area (Å²) < 4.78 is 0. The number of nitrogens with zero attached hydrogens (tertiary/aromatic N) is 1. The number of aromatic nitrogens is 1. The molecule has 3 N–H and O–H groups in total. The molecule has 1 amide bonds. The van der Waals surface area contributed by atoms with Gasteiger partial charge in [0.2, 0.25) is 0 Å². The fraction of sp³-hybridized carbons (Fsp3) is 0.375. The monoisotopic (exact) mass is 341 g/mol. The average molecular weight is 342 g/mol. The first kappa shape index (κ1) is 18.7. The Labute approximate surface area is 142 Å². The number of halogens is 2. The van der Waals surface area contributed by atoms with Gasteiger partial charge in [0.05, 0.1) is 5.54 Å². The van der Waals surface area contributed by atoms with Gasteiger partial charge in [-0.1, -0.05) is 37.1 Å². The molecule has 3 rings (SSSR count). The molecule has 0 saturated heterocycles. The van der Waals surface area contributed by atoms with Crippen molar-refractivity contribution in [2.75, 3.05) is 6.54 Å². The Kier molecular flexibility index (Phi) is 6.60. The predicted molar refractivity (Wildman–Crippen MR) is 94.0 cm³/mol. The molecule has 6 heteroatoms. The molecule has 0 radical (unpaired) electrons. The van der Waals surface area contributed by atoms with Crippen LogP contribution in [-0.4, -0.2) is 23.0 Å². The van der Waals surface area contributed by atoms with E-state index in [0.29, 0.717) is 12.2 Å². The highest BCUT2D eigenvalue weighted by atomic mass is 35.5. The summed E-state index contributed by atoms with van der Waals surface area (Å²) in [5.41, 5.74) is 6.12. The second-order valence-electron chi connectivity index (χ2n) is 5.53. The summed E-state index contributed by atoms with van der Waals surface area (Å²) >= 11 is 0. The van der Waals surface area contributed by atoms with E-state index >= 15 is 0 Å². The molecule has 0 bridgehead atoms. The third kappa shape index (κ3) is 3.51. The molecule has 0 atom stereocenters. The minimum Gasteiger partial charge on any atom is -0.344 e. The van der Waals surface area contributed by atoms with Gasteiger partial charge in [-0.2, -0.15) is 0 Å². The van der Waals surface area contributed by atoms with E-state index in [1.54, 1.807) is 6.20 Å². The number of benzene rings is 1. The first-order chi connectivity index (χ1) is 9.74. The summed E-state index contributed by atoms with van der Waals surface area (Å²) in [6.07, 6.45) is 5.85. The van der Waals surface area contributed by atoms with Gasteiger partial charge in [-0.25, -0.2) is 0 Å². The summed E-state index contributed by atoms with van der Waals surface area (Å²) in [6, 6.07) is 9.72. The molecule has 1 aliphatic rings. The lowest BCUT2D eigenvalue weighted by Gasteiger charge is -2.28. The maximum atomic E-state index is 12.5. The number of carbonyl (C=O) groups is 1. The molecule has 120 valence electrons. The molecule has 1 heterocycles. The van der Waals surface area contributed by atoms with Crippen LogP contribution >= 0.6 is 24.8 Å². The third-order valence-electron chi connectivity index (χ3n) is 4.22. The molecule has 1 saturated carbocycles. The van der Waals surface area contributed by atoms with E-state index in [-0.39, 0.29) is 36.3 Å². The fourth-order valence-corrected chi connectivity index (χ4v) is 3.03. The first-order valence-corrected chi connectivity index (χ1v) is 7.10. The lowest BCUT2D eigenvalue weighted by atomic mass is 9.97. The van der Waals surface area contributed by atoms with Crippen molar-refractivity contribution in [3.05, 3.63) is 42.2 Å². The predicted octanol–water partition coefficient (Wildman–Crippen LogP) is 3.08. The van der Waals surface area contributed by atoms with E-state index in [0.717, 1.165) is 36.5 Å². The number of nitrogens with two attached hydrogens (primary N) is 1. The van der Waals surface area contributed by atoms with Crippen LogP contribution in [0.25, 0.3) is 10.8 Å². The van der Waals surface area contributed by atoms with Crippen molar-refractivity contribution in [2.45, 2.75) is 31.2 Å². The van der Waals surface area contributed by atoms with Gasteiger partial charge >= 0.3 is 0 Å². The van der Waals surface area contributed by atoms with Crippen LogP contribution in [0, 0.1) is 0 Å². The van der Waals surface area contributed by atoms with Crippen LogP contribution in [0.2, 0.25) is 0 Å². The normalized spacial score (nSPS) is 15.7. The second kappa shape index (κ2) is 7.77. The van der Waals surface area contributed by atoms with Crippen molar-refractivity contribution in [2.24, 2.45) is 5.73 Å². The summed E-state index contributed by atoms with van der Waals surface area (Å²) in [6.45, 7) is 0.490. The van der Waals surface area contributed by atoms with Gasteiger partial charge in [-0.15, -0.1) is 24.8 Å². The zero-order chi connectivity index (χ0) is 14.0. The highest BCUT2D eigenvalue weighted by Gasteiger charge is 2.34. The Morgan fingerprint density at radius 1 is 1.18 bits per heavy atom. The molecule has 22 heavy (non-hydrogen) atoms. The van der Waals surface area contributed by atoms with Crippen LogP contribution in [0.1, 0.15) is 36.2 Å². The number of rotatable bonds is 3. The van der Waals surface area contributed by atoms with Crippen LogP contribution in [-0.2, 0) is 0 Å². The molecule has 0 unspecified atom stereocenters. The minimum atomic E-state index is -0.240. The lowest BCUT2D eigenvalue weighted by molar-refractivity contribution is 0.0900. The van der Waals surface area contributed by atoms with E-state index in [1.165, 1.54) is 0 Å².